The number of benzene rings is 2. The van der Waals surface area contributed by atoms with E-state index in [2.05, 4.69) is 22.6 Å². The first-order valence-corrected chi connectivity index (χ1v) is 7.25. The van der Waals surface area contributed by atoms with Gasteiger partial charge in [0, 0.05) is 16.2 Å². The summed E-state index contributed by atoms with van der Waals surface area (Å²) >= 11 is 2.24. The quantitative estimate of drug-likeness (QED) is 0.750. The van der Waals surface area contributed by atoms with Gasteiger partial charge in [-0.3, -0.25) is 4.79 Å². The molecule has 98 valence electrons. The van der Waals surface area contributed by atoms with Crippen molar-refractivity contribution in [2.24, 2.45) is 0 Å². The van der Waals surface area contributed by atoms with Crippen LogP contribution in [-0.4, -0.2) is 17.9 Å². The molecule has 2 nitrogen and oxygen atoms in total. The zero-order chi connectivity index (χ0) is 13.8. The number of carbonyl (C=O) groups is 1. The van der Waals surface area contributed by atoms with Crippen molar-refractivity contribution in [1.29, 1.82) is 0 Å². The molecule has 19 heavy (non-hydrogen) atoms. The smallest absolute Gasteiger partial charge is 0.254 e. The number of carbonyl (C=O) groups excluding carboxylic acids is 1. The molecule has 0 bridgehead atoms. The molecule has 2 aromatic rings. The van der Waals surface area contributed by atoms with Crippen molar-refractivity contribution in [3.63, 3.8) is 0 Å². The van der Waals surface area contributed by atoms with E-state index < -0.39 is 0 Å². The first-order chi connectivity index (χ1) is 9.09. The lowest BCUT2D eigenvalue weighted by Gasteiger charge is -2.25. The molecule has 1 atom stereocenters. The van der Waals surface area contributed by atoms with E-state index in [-0.39, 0.29) is 11.9 Å². The fourth-order valence-corrected chi connectivity index (χ4v) is 2.29. The molecule has 2 aromatic carbocycles. The molecule has 3 heteroatoms. The van der Waals surface area contributed by atoms with Crippen molar-refractivity contribution >= 4 is 28.5 Å². The van der Waals surface area contributed by atoms with Crippen LogP contribution in [0.1, 0.15) is 28.9 Å². The van der Waals surface area contributed by atoms with Gasteiger partial charge in [-0.1, -0.05) is 30.3 Å². The second kappa shape index (κ2) is 6.19. The highest BCUT2D eigenvalue weighted by Gasteiger charge is 2.18. The van der Waals surface area contributed by atoms with Crippen molar-refractivity contribution in [2.45, 2.75) is 13.0 Å². The molecule has 1 unspecified atom stereocenters. The Morgan fingerprint density at radius 1 is 1.05 bits per heavy atom. The minimum Gasteiger partial charge on any atom is -0.335 e. The molecule has 0 aliphatic carbocycles. The highest BCUT2D eigenvalue weighted by molar-refractivity contribution is 14.1. The second-order valence-electron chi connectivity index (χ2n) is 4.51. The van der Waals surface area contributed by atoms with Crippen molar-refractivity contribution in [1.82, 2.24) is 4.90 Å². The summed E-state index contributed by atoms with van der Waals surface area (Å²) in [5, 5.41) is 0. The molecule has 0 aliphatic rings. The van der Waals surface area contributed by atoms with E-state index in [1.807, 2.05) is 68.6 Å². The zero-order valence-electron chi connectivity index (χ0n) is 11.0. The highest BCUT2D eigenvalue weighted by atomic mass is 127. The van der Waals surface area contributed by atoms with Gasteiger partial charge >= 0.3 is 0 Å². The molecule has 0 fully saturated rings. The molecule has 0 aliphatic heterocycles. The first kappa shape index (κ1) is 14.1. The summed E-state index contributed by atoms with van der Waals surface area (Å²) in [6.07, 6.45) is 0. The van der Waals surface area contributed by atoms with E-state index in [1.54, 1.807) is 4.90 Å². The molecule has 0 heterocycles. The Bertz CT molecular complexity index is 551. The fraction of sp³-hybridized carbons (Fsp3) is 0.188. The van der Waals surface area contributed by atoms with Gasteiger partial charge in [0.15, 0.2) is 0 Å². The predicted molar refractivity (Wildman–Crippen MR) is 86.1 cm³/mol. The van der Waals surface area contributed by atoms with Gasteiger partial charge in [-0.05, 0) is 59.3 Å². The molecule has 1 amide bonds. The number of amides is 1. The lowest BCUT2D eigenvalue weighted by Crippen LogP contribution is -2.29. The van der Waals surface area contributed by atoms with Gasteiger partial charge in [-0.25, -0.2) is 0 Å². The lowest BCUT2D eigenvalue weighted by atomic mass is 10.1. The Morgan fingerprint density at radius 3 is 2.21 bits per heavy atom. The minimum absolute atomic E-state index is 0.0488. The minimum atomic E-state index is 0.0488. The van der Waals surface area contributed by atoms with Crippen LogP contribution in [0.3, 0.4) is 0 Å². The van der Waals surface area contributed by atoms with Gasteiger partial charge < -0.3 is 4.90 Å². The normalized spacial score (nSPS) is 11.9. The first-order valence-electron chi connectivity index (χ1n) is 6.17. The van der Waals surface area contributed by atoms with Crippen molar-refractivity contribution in [3.8, 4) is 0 Å². The summed E-state index contributed by atoms with van der Waals surface area (Å²) in [6, 6.07) is 17.8. The largest absolute Gasteiger partial charge is 0.335 e. The van der Waals surface area contributed by atoms with E-state index >= 15 is 0 Å². The predicted octanol–water partition coefficient (Wildman–Crippen LogP) is 4.12. The van der Waals surface area contributed by atoms with Crippen LogP contribution in [-0.2, 0) is 0 Å². The molecule has 0 spiro atoms. The Kier molecular flexibility index (Phi) is 4.58. The molecule has 0 aromatic heterocycles. The van der Waals surface area contributed by atoms with Gasteiger partial charge in [0.1, 0.15) is 0 Å². The Morgan fingerprint density at radius 2 is 1.63 bits per heavy atom. The topological polar surface area (TPSA) is 20.3 Å². The van der Waals surface area contributed by atoms with Gasteiger partial charge in [0.05, 0.1) is 6.04 Å². The number of nitrogens with zero attached hydrogens (tertiary/aromatic N) is 1. The third-order valence-electron chi connectivity index (χ3n) is 3.27. The zero-order valence-corrected chi connectivity index (χ0v) is 13.2. The van der Waals surface area contributed by atoms with Crippen LogP contribution in [0.25, 0.3) is 0 Å². The molecular formula is C16H16INO. The van der Waals surface area contributed by atoms with Gasteiger partial charge in [-0.15, -0.1) is 0 Å². The monoisotopic (exact) mass is 365 g/mol. The van der Waals surface area contributed by atoms with E-state index in [4.69, 9.17) is 0 Å². The molecule has 0 saturated carbocycles. The van der Waals surface area contributed by atoms with Crippen LogP contribution in [0.15, 0.2) is 54.6 Å². The molecule has 0 N–H and O–H groups in total. The van der Waals surface area contributed by atoms with Crippen LogP contribution < -0.4 is 0 Å². The van der Waals surface area contributed by atoms with Gasteiger partial charge in [0.2, 0.25) is 0 Å². The second-order valence-corrected chi connectivity index (χ2v) is 5.76. The SMILES string of the molecule is CC(c1ccccc1)N(C)C(=O)c1ccc(I)cc1. The molecule has 0 radical (unpaired) electrons. The van der Waals surface area contributed by atoms with Crippen molar-refractivity contribution < 1.29 is 4.79 Å². The number of hydrogen-bond acceptors (Lipinski definition) is 1. The van der Waals surface area contributed by atoms with E-state index in [0.717, 1.165) is 14.7 Å². The summed E-state index contributed by atoms with van der Waals surface area (Å²) in [5.74, 6) is 0.0488. The van der Waals surface area contributed by atoms with Crippen LogP contribution in [0.2, 0.25) is 0 Å². The Hall–Kier alpha value is -1.36. The summed E-state index contributed by atoms with van der Waals surface area (Å²) < 4.78 is 1.13. The Labute approximate surface area is 127 Å². The average Bonchev–Trinajstić information content (AvgIpc) is 2.46. The number of hydrogen-bond donors (Lipinski definition) is 0. The maximum atomic E-state index is 12.4. The van der Waals surface area contributed by atoms with Crippen LogP contribution in [0.5, 0.6) is 0 Å². The van der Waals surface area contributed by atoms with E-state index in [1.165, 1.54) is 0 Å². The average molecular weight is 365 g/mol. The standard InChI is InChI=1S/C16H16INO/c1-12(13-6-4-3-5-7-13)18(2)16(19)14-8-10-15(17)11-9-14/h3-12H,1-2H3. The Balaban J connectivity index is 2.17. The lowest BCUT2D eigenvalue weighted by molar-refractivity contribution is 0.0742. The van der Waals surface area contributed by atoms with Crippen LogP contribution in [0, 0.1) is 3.57 Å². The highest BCUT2D eigenvalue weighted by Crippen LogP contribution is 2.20. The number of rotatable bonds is 3. The van der Waals surface area contributed by atoms with Crippen LogP contribution in [0.4, 0.5) is 0 Å². The third kappa shape index (κ3) is 3.35. The van der Waals surface area contributed by atoms with E-state index in [0.29, 0.717) is 0 Å². The number of halogens is 1. The molecule has 0 saturated heterocycles. The summed E-state index contributed by atoms with van der Waals surface area (Å²) in [6.45, 7) is 2.04. The van der Waals surface area contributed by atoms with Crippen molar-refractivity contribution in [3.05, 3.63) is 69.3 Å². The summed E-state index contributed by atoms with van der Waals surface area (Å²) in [7, 11) is 1.85. The summed E-state index contributed by atoms with van der Waals surface area (Å²) in [4.78, 5) is 14.2. The maximum absolute atomic E-state index is 12.4. The third-order valence-corrected chi connectivity index (χ3v) is 3.99. The van der Waals surface area contributed by atoms with Crippen molar-refractivity contribution in [2.75, 3.05) is 7.05 Å². The fourth-order valence-electron chi connectivity index (χ4n) is 1.93. The van der Waals surface area contributed by atoms with E-state index in [9.17, 15) is 4.79 Å². The summed E-state index contributed by atoms with van der Waals surface area (Å²) in [5.41, 5.74) is 1.87. The van der Waals surface area contributed by atoms with Crippen LogP contribution >= 0.6 is 22.6 Å². The molecule has 2 rings (SSSR count). The molecular weight excluding hydrogens is 349 g/mol. The maximum Gasteiger partial charge on any atom is 0.254 e. The van der Waals surface area contributed by atoms with Gasteiger partial charge in [-0.2, -0.15) is 0 Å². The van der Waals surface area contributed by atoms with Gasteiger partial charge in [0.25, 0.3) is 5.91 Å².